The highest BCUT2D eigenvalue weighted by Gasteiger charge is 2.24. The van der Waals surface area contributed by atoms with Crippen molar-refractivity contribution in [2.24, 2.45) is 0 Å². The predicted octanol–water partition coefficient (Wildman–Crippen LogP) is 4.97. The van der Waals surface area contributed by atoms with Gasteiger partial charge in [0, 0.05) is 18.6 Å². The first-order chi connectivity index (χ1) is 15.5. The van der Waals surface area contributed by atoms with E-state index < -0.39 is 0 Å². The average Bonchev–Trinajstić information content (AvgIpc) is 2.82. The third-order valence-corrected chi connectivity index (χ3v) is 6.44. The van der Waals surface area contributed by atoms with Gasteiger partial charge in [0.05, 0.1) is 6.54 Å². The summed E-state index contributed by atoms with van der Waals surface area (Å²) < 4.78 is 13.3. The normalized spacial score (nSPS) is 15.1. The van der Waals surface area contributed by atoms with Crippen molar-refractivity contribution in [3.63, 3.8) is 0 Å². The van der Waals surface area contributed by atoms with Gasteiger partial charge in [0.15, 0.2) is 5.11 Å². The van der Waals surface area contributed by atoms with Crippen LogP contribution in [-0.2, 0) is 17.8 Å². The molecule has 1 atom stereocenters. The van der Waals surface area contributed by atoms with Gasteiger partial charge in [-0.3, -0.25) is 4.79 Å². The third kappa shape index (κ3) is 7.90. The lowest BCUT2D eigenvalue weighted by atomic mass is 9.94. The topological polar surface area (TPSA) is 44.4 Å². The van der Waals surface area contributed by atoms with Crippen LogP contribution in [0.1, 0.15) is 56.6 Å². The van der Waals surface area contributed by atoms with Gasteiger partial charge in [-0.25, -0.2) is 4.39 Å². The highest BCUT2D eigenvalue weighted by Crippen LogP contribution is 2.24. The van der Waals surface area contributed by atoms with Crippen LogP contribution in [0.4, 0.5) is 4.39 Å². The number of halogens is 1. The van der Waals surface area contributed by atoms with Crippen LogP contribution in [0.25, 0.3) is 0 Å². The van der Waals surface area contributed by atoms with Crippen LogP contribution in [0.2, 0.25) is 0 Å². The largest absolute Gasteiger partial charge is 0.353 e. The van der Waals surface area contributed by atoms with E-state index in [1.807, 2.05) is 25.1 Å². The molecule has 1 aliphatic rings. The van der Waals surface area contributed by atoms with E-state index in [4.69, 9.17) is 12.2 Å². The van der Waals surface area contributed by atoms with Gasteiger partial charge in [-0.1, -0.05) is 61.7 Å². The molecule has 2 aromatic carbocycles. The van der Waals surface area contributed by atoms with Crippen molar-refractivity contribution in [1.82, 2.24) is 15.5 Å². The van der Waals surface area contributed by atoms with Crippen molar-refractivity contribution in [3.8, 4) is 0 Å². The molecule has 0 spiro atoms. The van der Waals surface area contributed by atoms with E-state index in [1.54, 1.807) is 12.1 Å². The van der Waals surface area contributed by atoms with E-state index in [-0.39, 0.29) is 24.3 Å². The molecule has 4 nitrogen and oxygen atoms in total. The molecular formula is C26H34FN3OS. The Morgan fingerprint density at radius 3 is 2.44 bits per heavy atom. The van der Waals surface area contributed by atoms with Crippen molar-refractivity contribution < 1.29 is 9.18 Å². The van der Waals surface area contributed by atoms with Gasteiger partial charge in [-0.2, -0.15) is 0 Å². The number of amides is 1. The number of benzene rings is 2. The SMILES string of the molecule is CC(CCc1ccccc1)NC(=O)CNC(=S)N(Cc1ccc(F)cc1)C1CCCCC1. The Morgan fingerprint density at radius 2 is 1.75 bits per heavy atom. The van der Waals surface area contributed by atoms with Crippen LogP contribution in [0, 0.1) is 5.82 Å². The van der Waals surface area contributed by atoms with E-state index in [1.165, 1.54) is 37.0 Å². The standard InChI is InChI=1S/C26H34FN3OS/c1-20(12-13-21-8-4-2-5-9-21)29-25(31)18-28-26(32)30(24-10-6-3-7-11-24)19-22-14-16-23(27)17-15-22/h2,4-5,8-9,14-17,20,24H,3,6-7,10-13,18-19H2,1H3,(H,28,32)(H,29,31). The molecule has 0 aliphatic heterocycles. The van der Waals surface area contributed by atoms with Crippen molar-refractivity contribution >= 4 is 23.2 Å². The van der Waals surface area contributed by atoms with Crippen LogP contribution in [0.3, 0.4) is 0 Å². The maximum Gasteiger partial charge on any atom is 0.239 e. The average molecular weight is 456 g/mol. The molecule has 0 aromatic heterocycles. The minimum Gasteiger partial charge on any atom is -0.353 e. The summed E-state index contributed by atoms with van der Waals surface area (Å²) in [6.45, 7) is 2.80. The number of nitrogens with zero attached hydrogens (tertiary/aromatic N) is 1. The minimum absolute atomic E-state index is 0.0571. The Bertz CT molecular complexity index is 853. The number of rotatable bonds is 9. The van der Waals surface area contributed by atoms with Crippen LogP contribution >= 0.6 is 12.2 Å². The molecule has 6 heteroatoms. The van der Waals surface area contributed by atoms with Gasteiger partial charge in [0.1, 0.15) is 5.82 Å². The van der Waals surface area contributed by atoms with Crippen molar-refractivity contribution in [2.45, 2.75) is 70.5 Å². The molecule has 0 radical (unpaired) electrons. The summed E-state index contributed by atoms with van der Waals surface area (Å²) in [6, 6.07) is 17.3. The number of carbonyl (C=O) groups excluding carboxylic acids is 1. The number of hydrogen-bond donors (Lipinski definition) is 2. The van der Waals surface area contributed by atoms with E-state index in [2.05, 4.69) is 27.7 Å². The van der Waals surface area contributed by atoms with Gasteiger partial charge < -0.3 is 15.5 Å². The summed E-state index contributed by atoms with van der Waals surface area (Å²) in [7, 11) is 0. The highest BCUT2D eigenvalue weighted by molar-refractivity contribution is 7.80. The second-order valence-corrected chi connectivity index (χ2v) is 9.08. The molecule has 172 valence electrons. The van der Waals surface area contributed by atoms with E-state index in [9.17, 15) is 9.18 Å². The van der Waals surface area contributed by atoms with Crippen LogP contribution in [-0.4, -0.2) is 34.5 Å². The summed E-state index contributed by atoms with van der Waals surface area (Å²) in [5, 5.41) is 6.81. The Kier molecular flexibility index (Phi) is 9.47. The quantitative estimate of drug-likeness (QED) is 0.524. The lowest BCUT2D eigenvalue weighted by Gasteiger charge is -2.36. The first-order valence-corrected chi connectivity index (χ1v) is 12.0. The van der Waals surface area contributed by atoms with Gasteiger partial charge >= 0.3 is 0 Å². The second-order valence-electron chi connectivity index (χ2n) is 8.70. The van der Waals surface area contributed by atoms with Crippen molar-refractivity contribution in [1.29, 1.82) is 0 Å². The Hall–Kier alpha value is -2.47. The maximum absolute atomic E-state index is 13.3. The molecule has 1 unspecified atom stereocenters. The molecule has 1 fully saturated rings. The summed E-state index contributed by atoms with van der Waals surface area (Å²) in [5.41, 5.74) is 2.29. The van der Waals surface area contributed by atoms with Gasteiger partial charge in [0.25, 0.3) is 0 Å². The third-order valence-electron chi connectivity index (χ3n) is 6.06. The van der Waals surface area contributed by atoms with Crippen molar-refractivity contribution in [3.05, 3.63) is 71.5 Å². The summed E-state index contributed by atoms with van der Waals surface area (Å²) in [5.74, 6) is -0.296. The van der Waals surface area contributed by atoms with Gasteiger partial charge in [0.2, 0.25) is 5.91 Å². The first kappa shape index (κ1) is 24.2. The molecule has 2 N–H and O–H groups in total. The smallest absolute Gasteiger partial charge is 0.239 e. The number of aryl methyl sites for hydroxylation is 1. The Balaban J connectivity index is 1.49. The van der Waals surface area contributed by atoms with Crippen LogP contribution in [0.15, 0.2) is 54.6 Å². The van der Waals surface area contributed by atoms with E-state index >= 15 is 0 Å². The van der Waals surface area contributed by atoms with Gasteiger partial charge in [-0.05, 0) is 68.1 Å². The zero-order chi connectivity index (χ0) is 22.8. The predicted molar refractivity (Wildman–Crippen MR) is 132 cm³/mol. The highest BCUT2D eigenvalue weighted by atomic mass is 32.1. The fourth-order valence-electron chi connectivity index (χ4n) is 4.23. The maximum atomic E-state index is 13.3. The molecule has 1 saturated carbocycles. The fraction of sp³-hybridized carbons (Fsp3) is 0.462. The molecular weight excluding hydrogens is 421 g/mol. The minimum atomic E-state index is -0.239. The van der Waals surface area contributed by atoms with Crippen LogP contribution < -0.4 is 10.6 Å². The molecule has 3 rings (SSSR count). The van der Waals surface area contributed by atoms with E-state index in [0.717, 1.165) is 31.2 Å². The molecule has 2 aromatic rings. The van der Waals surface area contributed by atoms with Crippen LogP contribution in [0.5, 0.6) is 0 Å². The number of hydrogen-bond acceptors (Lipinski definition) is 2. The van der Waals surface area contributed by atoms with Crippen molar-refractivity contribution in [2.75, 3.05) is 6.54 Å². The first-order valence-electron chi connectivity index (χ1n) is 11.6. The lowest BCUT2D eigenvalue weighted by Crippen LogP contribution is -2.49. The number of thiocarbonyl (C=S) groups is 1. The molecule has 1 amide bonds. The number of carbonyl (C=O) groups is 1. The zero-order valence-corrected chi connectivity index (χ0v) is 19.7. The zero-order valence-electron chi connectivity index (χ0n) is 18.9. The monoisotopic (exact) mass is 455 g/mol. The van der Waals surface area contributed by atoms with Gasteiger partial charge in [-0.15, -0.1) is 0 Å². The molecule has 32 heavy (non-hydrogen) atoms. The van der Waals surface area contributed by atoms with E-state index in [0.29, 0.717) is 17.7 Å². The molecule has 1 aliphatic carbocycles. The molecule has 0 bridgehead atoms. The fourth-order valence-corrected chi connectivity index (χ4v) is 4.52. The summed E-state index contributed by atoms with van der Waals surface area (Å²) >= 11 is 5.69. The molecule has 0 heterocycles. The lowest BCUT2D eigenvalue weighted by molar-refractivity contribution is -0.120. The summed E-state index contributed by atoms with van der Waals surface area (Å²) in [6.07, 6.45) is 7.63. The number of nitrogens with one attached hydrogen (secondary N) is 2. The molecule has 0 saturated heterocycles. The summed E-state index contributed by atoms with van der Waals surface area (Å²) in [4.78, 5) is 14.6. The second kappa shape index (κ2) is 12.5. The Labute approximate surface area is 196 Å². The Morgan fingerprint density at radius 1 is 1.06 bits per heavy atom.